The molecule has 1 saturated heterocycles. The van der Waals surface area contributed by atoms with Crippen molar-refractivity contribution in [3.63, 3.8) is 0 Å². The van der Waals surface area contributed by atoms with Gasteiger partial charge in [-0.3, -0.25) is 9.69 Å². The lowest BCUT2D eigenvalue weighted by atomic mass is 10.0. The Morgan fingerprint density at radius 2 is 1.87 bits per heavy atom. The highest BCUT2D eigenvalue weighted by Gasteiger charge is 2.23. The van der Waals surface area contributed by atoms with Crippen LogP contribution in [0.25, 0.3) is 0 Å². The van der Waals surface area contributed by atoms with Gasteiger partial charge in [0.05, 0.1) is 20.3 Å². The van der Waals surface area contributed by atoms with Crippen molar-refractivity contribution in [2.45, 2.75) is 33.4 Å². The molecule has 2 rings (SSSR count). The first-order valence-corrected chi connectivity index (χ1v) is 10.8. The summed E-state index contributed by atoms with van der Waals surface area (Å²) in [5, 5.41) is 9.53. The molecule has 0 saturated carbocycles. The van der Waals surface area contributed by atoms with Crippen molar-refractivity contribution in [3.8, 4) is 5.75 Å². The molecule has 3 N–H and O–H groups in total. The van der Waals surface area contributed by atoms with Crippen LogP contribution in [-0.4, -0.2) is 75.9 Å². The molecule has 8 nitrogen and oxygen atoms in total. The van der Waals surface area contributed by atoms with Gasteiger partial charge in [-0.15, -0.1) is 0 Å². The second kappa shape index (κ2) is 13.1. The minimum Gasteiger partial charge on any atom is -0.497 e. The van der Waals surface area contributed by atoms with Gasteiger partial charge in [-0.2, -0.15) is 0 Å². The fourth-order valence-electron chi connectivity index (χ4n) is 3.39. The maximum absolute atomic E-state index is 12.2. The van der Waals surface area contributed by atoms with E-state index < -0.39 is 0 Å². The number of amides is 1. The molecule has 0 spiro atoms. The smallest absolute Gasteiger partial charge is 0.242 e. The average Bonchev–Trinajstić information content (AvgIpc) is 2.77. The van der Waals surface area contributed by atoms with E-state index in [-0.39, 0.29) is 12.5 Å². The predicted molar refractivity (Wildman–Crippen MR) is 120 cm³/mol. The van der Waals surface area contributed by atoms with E-state index in [2.05, 4.69) is 39.7 Å². The maximum Gasteiger partial charge on any atom is 0.242 e. The Labute approximate surface area is 180 Å². The molecule has 1 aromatic carbocycles. The van der Waals surface area contributed by atoms with Gasteiger partial charge >= 0.3 is 0 Å². The second-order valence-corrected chi connectivity index (χ2v) is 7.66. The molecule has 30 heavy (non-hydrogen) atoms. The third kappa shape index (κ3) is 8.20. The van der Waals surface area contributed by atoms with Crippen LogP contribution in [-0.2, 0) is 16.1 Å². The fourth-order valence-corrected chi connectivity index (χ4v) is 3.39. The highest BCUT2D eigenvalue weighted by molar-refractivity contribution is 5.84. The summed E-state index contributed by atoms with van der Waals surface area (Å²) in [6.45, 7) is 12.0. The summed E-state index contributed by atoms with van der Waals surface area (Å²) in [4.78, 5) is 19.1. The molecule has 1 aliphatic heterocycles. The summed E-state index contributed by atoms with van der Waals surface area (Å²) in [7, 11) is 1.63. The standard InChI is InChI=1S/C22H37N5O3/c1-5-23-22(25-15-20(17(2)3)27-10-12-30-13-11-27)26-16-21(28)24-14-18-6-8-19(29-4)9-7-18/h6-9,17,20H,5,10-16H2,1-4H3,(H,24,28)(H2,23,25,26). The number of methoxy groups -OCH3 is 1. The molecular weight excluding hydrogens is 382 g/mol. The number of carbonyl (C=O) groups excluding carboxylic acids is 1. The van der Waals surface area contributed by atoms with Crippen molar-refractivity contribution in [1.29, 1.82) is 0 Å². The Morgan fingerprint density at radius 1 is 1.17 bits per heavy atom. The number of carbonyl (C=O) groups is 1. The van der Waals surface area contributed by atoms with E-state index in [1.54, 1.807) is 7.11 Å². The highest BCUT2D eigenvalue weighted by Crippen LogP contribution is 2.12. The van der Waals surface area contributed by atoms with Crippen LogP contribution in [0, 0.1) is 5.92 Å². The quantitative estimate of drug-likeness (QED) is 0.391. The van der Waals surface area contributed by atoms with Gasteiger partial charge in [-0.25, -0.2) is 4.99 Å². The van der Waals surface area contributed by atoms with Crippen LogP contribution in [0.15, 0.2) is 29.3 Å². The minimum atomic E-state index is -0.114. The van der Waals surface area contributed by atoms with Crippen LogP contribution >= 0.6 is 0 Å². The molecule has 1 aromatic rings. The number of aliphatic imine (C=N–C) groups is 1. The summed E-state index contributed by atoms with van der Waals surface area (Å²) in [5.41, 5.74) is 1.02. The lowest BCUT2D eigenvalue weighted by molar-refractivity contribution is -0.119. The lowest BCUT2D eigenvalue weighted by Crippen LogP contribution is -2.52. The average molecular weight is 420 g/mol. The maximum atomic E-state index is 12.2. The summed E-state index contributed by atoms with van der Waals surface area (Å²) in [6.07, 6.45) is 0. The van der Waals surface area contributed by atoms with Crippen molar-refractivity contribution in [1.82, 2.24) is 20.9 Å². The zero-order valence-electron chi connectivity index (χ0n) is 18.7. The number of nitrogens with zero attached hydrogens (tertiary/aromatic N) is 2. The zero-order chi connectivity index (χ0) is 21.8. The van der Waals surface area contributed by atoms with Gasteiger partial charge in [0.2, 0.25) is 5.91 Å². The minimum absolute atomic E-state index is 0.0788. The summed E-state index contributed by atoms with van der Waals surface area (Å²) < 4.78 is 10.6. The van der Waals surface area contributed by atoms with E-state index in [0.717, 1.165) is 50.7 Å². The van der Waals surface area contributed by atoms with Crippen molar-refractivity contribution in [2.24, 2.45) is 10.9 Å². The molecule has 8 heteroatoms. The predicted octanol–water partition coefficient (Wildman–Crippen LogP) is 1.22. The lowest BCUT2D eigenvalue weighted by Gasteiger charge is -2.37. The molecule has 0 aliphatic carbocycles. The van der Waals surface area contributed by atoms with E-state index in [9.17, 15) is 4.79 Å². The molecule has 0 bridgehead atoms. The van der Waals surface area contributed by atoms with Crippen LogP contribution in [0.4, 0.5) is 0 Å². The van der Waals surface area contributed by atoms with Crippen LogP contribution in [0.2, 0.25) is 0 Å². The second-order valence-electron chi connectivity index (χ2n) is 7.66. The van der Waals surface area contributed by atoms with Crippen molar-refractivity contribution in [3.05, 3.63) is 29.8 Å². The first-order valence-electron chi connectivity index (χ1n) is 10.8. The molecule has 0 aromatic heterocycles. The van der Waals surface area contributed by atoms with E-state index in [0.29, 0.717) is 24.5 Å². The van der Waals surface area contributed by atoms with Gasteiger partial charge in [0, 0.05) is 38.8 Å². The first-order chi connectivity index (χ1) is 14.5. The monoisotopic (exact) mass is 419 g/mol. The van der Waals surface area contributed by atoms with E-state index in [1.165, 1.54) is 0 Å². The van der Waals surface area contributed by atoms with E-state index >= 15 is 0 Å². The Kier molecular flexibility index (Phi) is 10.4. The molecular formula is C22H37N5O3. The molecule has 0 radical (unpaired) electrons. The van der Waals surface area contributed by atoms with Crippen molar-refractivity contribution < 1.29 is 14.3 Å². The Hall–Kier alpha value is -2.32. The Morgan fingerprint density at radius 3 is 2.47 bits per heavy atom. The van der Waals surface area contributed by atoms with Gasteiger partial charge in [-0.05, 0) is 30.5 Å². The van der Waals surface area contributed by atoms with Gasteiger partial charge in [0.15, 0.2) is 5.96 Å². The molecule has 1 aliphatic rings. The van der Waals surface area contributed by atoms with Crippen LogP contribution < -0.4 is 20.7 Å². The number of hydrogen-bond acceptors (Lipinski definition) is 5. The van der Waals surface area contributed by atoms with Crippen LogP contribution in [0.1, 0.15) is 26.3 Å². The topological polar surface area (TPSA) is 87.2 Å². The number of benzene rings is 1. The van der Waals surface area contributed by atoms with Gasteiger partial charge in [0.25, 0.3) is 0 Å². The highest BCUT2D eigenvalue weighted by atomic mass is 16.5. The number of ether oxygens (including phenoxy) is 2. The zero-order valence-corrected chi connectivity index (χ0v) is 18.7. The Balaban J connectivity index is 1.83. The number of hydrogen-bond donors (Lipinski definition) is 3. The van der Waals surface area contributed by atoms with Gasteiger partial charge in [0.1, 0.15) is 12.3 Å². The number of nitrogens with one attached hydrogen (secondary N) is 3. The SMILES string of the molecule is CCNC(=NCC(=O)NCc1ccc(OC)cc1)NCC(C(C)C)N1CCOCC1. The third-order valence-electron chi connectivity index (χ3n) is 5.14. The molecule has 1 unspecified atom stereocenters. The summed E-state index contributed by atoms with van der Waals surface area (Å²) in [6, 6.07) is 8.03. The summed E-state index contributed by atoms with van der Waals surface area (Å²) >= 11 is 0. The van der Waals surface area contributed by atoms with E-state index in [1.807, 2.05) is 31.2 Å². The largest absolute Gasteiger partial charge is 0.497 e. The molecule has 1 fully saturated rings. The number of rotatable bonds is 10. The normalized spacial score (nSPS) is 16.2. The molecule has 1 heterocycles. The van der Waals surface area contributed by atoms with E-state index in [4.69, 9.17) is 9.47 Å². The van der Waals surface area contributed by atoms with Crippen LogP contribution in [0.5, 0.6) is 5.75 Å². The fraction of sp³-hybridized carbons (Fsp3) is 0.636. The van der Waals surface area contributed by atoms with Crippen molar-refractivity contribution >= 4 is 11.9 Å². The molecule has 1 amide bonds. The first kappa shape index (κ1) is 24.0. The van der Waals surface area contributed by atoms with Crippen LogP contribution in [0.3, 0.4) is 0 Å². The number of guanidine groups is 1. The van der Waals surface area contributed by atoms with Gasteiger partial charge in [-0.1, -0.05) is 26.0 Å². The number of morpholine rings is 1. The van der Waals surface area contributed by atoms with Gasteiger partial charge < -0.3 is 25.4 Å². The molecule has 1 atom stereocenters. The summed E-state index contributed by atoms with van der Waals surface area (Å²) in [5.74, 6) is 1.85. The third-order valence-corrected chi connectivity index (χ3v) is 5.14. The Bertz CT molecular complexity index is 657. The van der Waals surface area contributed by atoms with Crippen molar-refractivity contribution in [2.75, 3.05) is 53.0 Å². The molecule has 168 valence electrons.